The number of carbonyl (C=O) groups is 1. The predicted molar refractivity (Wildman–Crippen MR) is 66.4 cm³/mol. The zero-order valence-electron chi connectivity index (χ0n) is 9.53. The molecule has 0 bridgehead atoms. The molecule has 0 aliphatic rings. The largest absolute Gasteiger partial charge is 0.395 e. The Morgan fingerprint density at radius 3 is 2.62 bits per heavy atom. The van der Waals surface area contributed by atoms with E-state index in [-0.39, 0.29) is 12.4 Å². The van der Waals surface area contributed by atoms with Crippen molar-refractivity contribution in [1.29, 1.82) is 0 Å². The van der Waals surface area contributed by atoms with Gasteiger partial charge in [0.15, 0.2) is 5.78 Å². The van der Waals surface area contributed by atoms with Crippen molar-refractivity contribution in [3.8, 4) is 0 Å². The number of carbonyl (C=O) groups excluding carboxylic acids is 1. The van der Waals surface area contributed by atoms with Gasteiger partial charge in [0.25, 0.3) is 0 Å². The second kappa shape index (κ2) is 5.87. The van der Waals surface area contributed by atoms with E-state index in [0.29, 0.717) is 17.1 Å². The van der Waals surface area contributed by atoms with Gasteiger partial charge in [-0.3, -0.25) is 4.79 Å². The first-order valence-corrected chi connectivity index (χ1v) is 5.64. The molecule has 0 amide bonds. The fourth-order valence-corrected chi connectivity index (χ4v) is 1.88. The van der Waals surface area contributed by atoms with E-state index in [1.165, 1.54) is 6.92 Å². The van der Waals surface area contributed by atoms with Crippen molar-refractivity contribution >= 4 is 23.1 Å². The lowest BCUT2D eigenvalue weighted by atomic mass is 10.1. The standard InChI is InChI=1S/C12H16ClNO2/c1-3-14(6-7-15)10-4-5-11(9(2)16)12(13)8-10/h4-5,8,15H,3,6-7H2,1-2H3. The molecule has 0 aromatic heterocycles. The molecule has 0 saturated carbocycles. The van der Waals surface area contributed by atoms with Crippen molar-refractivity contribution in [2.24, 2.45) is 0 Å². The molecule has 1 N–H and O–H groups in total. The molecule has 4 heteroatoms. The van der Waals surface area contributed by atoms with Crippen molar-refractivity contribution in [2.75, 3.05) is 24.6 Å². The molecule has 0 fully saturated rings. The van der Waals surface area contributed by atoms with E-state index in [4.69, 9.17) is 16.7 Å². The van der Waals surface area contributed by atoms with E-state index >= 15 is 0 Å². The minimum Gasteiger partial charge on any atom is -0.395 e. The molecule has 1 aromatic rings. The lowest BCUT2D eigenvalue weighted by Gasteiger charge is -2.22. The van der Waals surface area contributed by atoms with Crippen LogP contribution in [0, 0.1) is 0 Å². The van der Waals surface area contributed by atoms with Crippen molar-refractivity contribution < 1.29 is 9.90 Å². The summed E-state index contributed by atoms with van der Waals surface area (Å²) in [4.78, 5) is 13.2. The highest BCUT2D eigenvalue weighted by atomic mass is 35.5. The highest BCUT2D eigenvalue weighted by Crippen LogP contribution is 2.23. The molecule has 0 heterocycles. The lowest BCUT2D eigenvalue weighted by molar-refractivity contribution is 0.101. The van der Waals surface area contributed by atoms with Crippen molar-refractivity contribution in [3.63, 3.8) is 0 Å². The van der Waals surface area contributed by atoms with Crippen LogP contribution in [0.4, 0.5) is 5.69 Å². The van der Waals surface area contributed by atoms with Gasteiger partial charge >= 0.3 is 0 Å². The number of hydrogen-bond acceptors (Lipinski definition) is 3. The Bertz CT molecular complexity index is 379. The number of aliphatic hydroxyl groups is 1. The van der Waals surface area contributed by atoms with Gasteiger partial charge in [-0.2, -0.15) is 0 Å². The zero-order chi connectivity index (χ0) is 12.1. The first kappa shape index (κ1) is 13.0. The molecule has 0 unspecified atom stereocenters. The van der Waals surface area contributed by atoms with Crippen LogP contribution in [0.25, 0.3) is 0 Å². The fraction of sp³-hybridized carbons (Fsp3) is 0.417. The maximum absolute atomic E-state index is 11.2. The second-order valence-corrected chi connectivity index (χ2v) is 3.93. The second-order valence-electron chi connectivity index (χ2n) is 3.52. The van der Waals surface area contributed by atoms with Gasteiger partial charge in [0.2, 0.25) is 0 Å². The van der Waals surface area contributed by atoms with Gasteiger partial charge in [-0.15, -0.1) is 0 Å². The third-order valence-corrected chi connectivity index (χ3v) is 2.76. The summed E-state index contributed by atoms with van der Waals surface area (Å²) in [6.45, 7) is 4.94. The maximum Gasteiger partial charge on any atom is 0.161 e. The summed E-state index contributed by atoms with van der Waals surface area (Å²) in [5.41, 5.74) is 1.46. The molecular weight excluding hydrogens is 226 g/mol. The Morgan fingerprint density at radius 2 is 2.19 bits per heavy atom. The number of likely N-dealkylation sites (N-methyl/N-ethyl adjacent to an activating group) is 1. The number of anilines is 1. The van der Waals surface area contributed by atoms with Crippen LogP contribution in [-0.4, -0.2) is 30.6 Å². The highest BCUT2D eigenvalue weighted by Gasteiger charge is 2.09. The topological polar surface area (TPSA) is 40.5 Å². The number of benzene rings is 1. The van der Waals surface area contributed by atoms with Gasteiger partial charge in [0.1, 0.15) is 0 Å². The molecule has 0 spiro atoms. The number of aliphatic hydroxyl groups excluding tert-OH is 1. The normalized spacial score (nSPS) is 10.2. The average Bonchev–Trinajstić information content (AvgIpc) is 2.25. The van der Waals surface area contributed by atoms with E-state index in [1.54, 1.807) is 12.1 Å². The Hall–Kier alpha value is -1.06. The van der Waals surface area contributed by atoms with E-state index in [1.807, 2.05) is 17.9 Å². The van der Waals surface area contributed by atoms with Crippen LogP contribution >= 0.6 is 11.6 Å². The fourth-order valence-electron chi connectivity index (χ4n) is 1.58. The summed E-state index contributed by atoms with van der Waals surface area (Å²) in [7, 11) is 0. The van der Waals surface area contributed by atoms with Crippen molar-refractivity contribution in [2.45, 2.75) is 13.8 Å². The van der Waals surface area contributed by atoms with Crippen molar-refractivity contribution in [1.82, 2.24) is 0 Å². The van der Waals surface area contributed by atoms with Gasteiger partial charge in [0, 0.05) is 24.3 Å². The van der Waals surface area contributed by atoms with E-state index in [2.05, 4.69) is 0 Å². The van der Waals surface area contributed by atoms with Crippen LogP contribution in [0.5, 0.6) is 0 Å². The predicted octanol–water partition coefficient (Wildman–Crippen LogP) is 2.36. The molecule has 0 aliphatic carbocycles. The van der Waals surface area contributed by atoms with Crippen LogP contribution in [-0.2, 0) is 0 Å². The Kier molecular flexibility index (Phi) is 4.77. The van der Waals surface area contributed by atoms with Crippen LogP contribution in [0.1, 0.15) is 24.2 Å². The zero-order valence-corrected chi connectivity index (χ0v) is 10.3. The average molecular weight is 242 g/mol. The number of Topliss-reactive ketones (excluding diaryl/α,β-unsaturated/α-hetero) is 1. The van der Waals surface area contributed by atoms with Gasteiger partial charge in [-0.05, 0) is 32.0 Å². The SMILES string of the molecule is CCN(CCO)c1ccc(C(C)=O)c(Cl)c1. The molecule has 0 aliphatic heterocycles. The number of hydrogen-bond donors (Lipinski definition) is 1. The summed E-state index contributed by atoms with van der Waals surface area (Å²) in [6, 6.07) is 5.33. The first-order valence-electron chi connectivity index (χ1n) is 5.26. The molecule has 3 nitrogen and oxygen atoms in total. The quantitative estimate of drug-likeness (QED) is 0.805. The van der Waals surface area contributed by atoms with Crippen LogP contribution < -0.4 is 4.90 Å². The lowest BCUT2D eigenvalue weighted by Crippen LogP contribution is -2.26. The Morgan fingerprint density at radius 1 is 1.50 bits per heavy atom. The van der Waals surface area contributed by atoms with E-state index < -0.39 is 0 Å². The molecule has 88 valence electrons. The van der Waals surface area contributed by atoms with Crippen LogP contribution in [0.3, 0.4) is 0 Å². The van der Waals surface area contributed by atoms with Crippen LogP contribution in [0.15, 0.2) is 18.2 Å². The third-order valence-electron chi connectivity index (χ3n) is 2.45. The molecular formula is C12H16ClNO2. The van der Waals surface area contributed by atoms with Gasteiger partial charge in [-0.25, -0.2) is 0 Å². The van der Waals surface area contributed by atoms with Gasteiger partial charge < -0.3 is 10.0 Å². The Balaban J connectivity index is 2.99. The Labute approximate surface area is 101 Å². The summed E-state index contributed by atoms with van der Waals surface area (Å²) >= 11 is 6.02. The number of nitrogens with zero attached hydrogens (tertiary/aromatic N) is 1. The summed E-state index contributed by atoms with van der Waals surface area (Å²) in [6.07, 6.45) is 0. The minimum atomic E-state index is -0.0400. The van der Waals surface area contributed by atoms with Crippen molar-refractivity contribution in [3.05, 3.63) is 28.8 Å². The number of ketones is 1. The molecule has 0 saturated heterocycles. The smallest absolute Gasteiger partial charge is 0.161 e. The molecule has 1 aromatic carbocycles. The number of halogens is 1. The molecule has 0 atom stereocenters. The maximum atomic E-state index is 11.2. The van der Waals surface area contributed by atoms with E-state index in [9.17, 15) is 4.79 Å². The van der Waals surface area contributed by atoms with Gasteiger partial charge in [-0.1, -0.05) is 11.6 Å². The molecule has 1 rings (SSSR count). The van der Waals surface area contributed by atoms with E-state index in [0.717, 1.165) is 12.2 Å². The van der Waals surface area contributed by atoms with Gasteiger partial charge in [0.05, 0.1) is 11.6 Å². The first-order chi connectivity index (χ1) is 7.60. The molecule has 0 radical (unpaired) electrons. The third kappa shape index (κ3) is 2.97. The summed E-state index contributed by atoms with van der Waals surface area (Å²) in [5, 5.41) is 9.37. The highest BCUT2D eigenvalue weighted by molar-refractivity contribution is 6.34. The monoisotopic (exact) mass is 241 g/mol. The minimum absolute atomic E-state index is 0.0400. The molecule has 16 heavy (non-hydrogen) atoms. The summed E-state index contributed by atoms with van der Waals surface area (Å²) < 4.78 is 0. The number of rotatable bonds is 5. The van der Waals surface area contributed by atoms with Crippen LogP contribution in [0.2, 0.25) is 5.02 Å². The summed E-state index contributed by atoms with van der Waals surface area (Å²) in [5.74, 6) is -0.0400.